The Morgan fingerprint density at radius 3 is 2.40 bits per heavy atom. The van der Waals surface area contributed by atoms with E-state index < -0.39 is 0 Å². The van der Waals surface area contributed by atoms with Gasteiger partial charge < -0.3 is 4.74 Å². The Kier molecular flexibility index (Phi) is 2.38. The van der Waals surface area contributed by atoms with Crippen molar-refractivity contribution in [2.24, 2.45) is 0 Å². The third kappa shape index (κ3) is 1.80. The minimum Gasteiger partial charge on any atom is -0.494 e. The summed E-state index contributed by atoms with van der Waals surface area (Å²) in [6.45, 7) is 2.73. The van der Waals surface area contributed by atoms with Crippen LogP contribution in [0.15, 0.2) is 24.3 Å². The molecule has 0 fully saturated rings. The molecule has 0 saturated heterocycles. The van der Waals surface area contributed by atoms with Crippen LogP contribution in [0.2, 0.25) is 0 Å². The van der Waals surface area contributed by atoms with E-state index in [0.29, 0.717) is 0 Å². The Bertz CT molecular complexity index is 193. The lowest BCUT2D eigenvalue weighted by molar-refractivity contribution is 0.340. The van der Waals surface area contributed by atoms with E-state index in [1.165, 1.54) is 5.46 Å². The average molecular weight is 134 g/mol. The highest BCUT2D eigenvalue weighted by Gasteiger charge is 1.87. The lowest BCUT2D eigenvalue weighted by Crippen LogP contribution is -2.00. The maximum Gasteiger partial charge on any atom is 0.139 e. The van der Waals surface area contributed by atoms with Crippen molar-refractivity contribution >= 4 is 13.3 Å². The van der Waals surface area contributed by atoms with Gasteiger partial charge in [0.2, 0.25) is 0 Å². The van der Waals surface area contributed by atoms with E-state index in [9.17, 15) is 0 Å². The second-order valence-corrected chi connectivity index (χ2v) is 2.25. The van der Waals surface area contributed by atoms with Crippen LogP contribution in [0.5, 0.6) is 5.75 Å². The predicted molar refractivity (Wildman–Crippen MR) is 45.8 cm³/mol. The van der Waals surface area contributed by atoms with Crippen LogP contribution in [-0.4, -0.2) is 14.5 Å². The molecule has 0 radical (unpaired) electrons. The van der Waals surface area contributed by atoms with E-state index in [4.69, 9.17) is 4.74 Å². The molecule has 0 bridgehead atoms. The SMILES string of the molecule is Bc1ccc(OCC)cc1. The van der Waals surface area contributed by atoms with Crippen LogP contribution in [0.25, 0.3) is 0 Å². The third-order valence-corrected chi connectivity index (χ3v) is 1.33. The van der Waals surface area contributed by atoms with Crippen LogP contribution in [0, 0.1) is 0 Å². The van der Waals surface area contributed by atoms with Gasteiger partial charge in [0.1, 0.15) is 13.6 Å². The molecular formula is C8H11BO. The van der Waals surface area contributed by atoms with Crippen molar-refractivity contribution in [1.29, 1.82) is 0 Å². The first-order chi connectivity index (χ1) is 4.83. The highest BCUT2D eigenvalue weighted by atomic mass is 16.5. The van der Waals surface area contributed by atoms with E-state index in [0.717, 1.165) is 12.4 Å². The summed E-state index contributed by atoms with van der Waals surface area (Å²) < 4.78 is 5.26. The van der Waals surface area contributed by atoms with E-state index in [2.05, 4.69) is 7.85 Å². The standard InChI is InChI=1S/C8H11BO/c1-2-10-8-5-3-7(9)4-6-8/h3-6H,2,9H2,1H3. The van der Waals surface area contributed by atoms with Gasteiger partial charge in [-0.15, -0.1) is 0 Å². The van der Waals surface area contributed by atoms with E-state index in [1.54, 1.807) is 0 Å². The van der Waals surface area contributed by atoms with Crippen molar-refractivity contribution in [3.63, 3.8) is 0 Å². The predicted octanol–water partition coefficient (Wildman–Crippen LogP) is 0.344. The van der Waals surface area contributed by atoms with Crippen molar-refractivity contribution in [3.8, 4) is 5.75 Å². The zero-order chi connectivity index (χ0) is 7.40. The van der Waals surface area contributed by atoms with Crippen LogP contribution in [0.4, 0.5) is 0 Å². The van der Waals surface area contributed by atoms with Crippen molar-refractivity contribution in [1.82, 2.24) is 0 Å². The first kappa shape index (κ1) is 7.20. The highest BCUT2D eigenvalue weighted by molar-refractivity contribution is 6.32. The molecule has 0 N–H and O–H groups in total. The maximum absolute atomic E-state index is 5.26. The van der Waals surface area contributed by atoms with E-state index >= 15 is 0 Å². The fourth-order valence-corrected chi connectivity index (χ4v) is 0.801. The molecule has 0 saturated carbocycles. The first-order valence-electron chi connectivity index (χ1n) is 3.52. The van der Waals surface area contributed by atoms with Crippen LogP contribution in [-0.2, 0) is 0 Å². The smallest absolute Gasteiger partial charge is 0.139 e. The van der Waals surface area contributed by atoms with Gasteiger partial charge in [-0.2, -0.15) is 0 Å². The topological polar surface area (TPSA) is 9.23 Å². The Morgan fingerprint density at radius 2 is 1.90 bits per heavy atom. The number of benzene rings is 1. The average Bonchev–Trinajstić information content (AvgIpc) is 1.95. The van der Waals surface area contributed by atoms with Gasteiger partial charge in [-0.05, 0) is 19.1 Å². The summed E-state index contributed by atoms with van der Waals surface area (Å²) in [7, 11) is 2.07. The summed E-state index contributed by atoms with van der Waals surface area (Å²) in [6, 6.07) is 8.06. The Morgan fingerprint density at radius 1 is 1.30 bits per heavy atom. The van der Waals surface area contributed by atoms with Crippen molar-refractivity contribution < 1.29 is 4.74 Å². The van der Waals surface area contributed by atoms with Gasteiger partial charge >= 0.3 is 0 Å². The second kappa shape index (κ2) is 3.30. The number of rotatable bonds is 2. The number of ether oxygens (including phenoxy) is 1. The number of hydrogen-bond donors (Lipinski definition) is 0. The van der Waals surface area contributed by atoms with Gasteiger partial charge in [0.15, 0.2) is 0 Å². The van der Waals surface area contributed by atoms with Gasteiger partial charge in [-0.1, -0.05) is 17.6 Å². The van der Waals surface area contributed by atoms with Crippen molar-refractivity contribution in [2.45, 2.75) is 6.92 Å². The summed E-state index contributed by atoms with van der Waals surface area (Å²) in [5, 5.41) is 0. The molecule has 52 valence electrons. The first-order valence-corrected chi connectivity index (χ1v) is 3.52. The van der Waals surface area contributed by atoms with E-state index in [-0.39, 0.29) is 0 Å². The molecule has 2 heteroatoms. The Balaban J connectivity index is 2.69. The Labute approximate surface area is 62.4 Å². The normalized spacial score (nSPS) is 9.30. The maximum atomic E-state index is 5.26. The van der Waals surface area contributed by atoms with Crippen LogP contribution in [0.3, 0.4) is 0 Å². The molecule has 0 aromatic heterocycles. The molecule has 1 aromatic carbocycles. The molecule has 0 amide bonds. The molecular weight excluding hydrogens is 123 g/mol. The Hall–Kier alpha value is -0.915. The van der Waals surface area contributed by atoms with Crippen LogP contribution in [0.1, 0.15) is 6.92 Å². The van der Waals surface area contributed by atoms with Crippen LogP contribution >= 0.6 is 0 Å². The fourth-order valence-electron chi connectivity index (χ4n) is 0.801. The van der Waals surface area contributed by atoms with Crippen LogP contribution < -0.4 is 10.2 Å². The quantitative estimate of drug-likeness (QED) is 0.530. The molecule has 0 aliphatic heterocycles. The van der Waals surface area contributed by atoms with Gasteiger partial charge in [0.25, 0.3) is 0 Å². The molecule has 1 rings (SSSR count). The second-order valence-electron chi connectivity index (χ2n) is 2.25. The molecule has 0 heterocycles. The van der Waals surface area contributed by atoms with Crippen molar-refractivity contribution in [2.75, 3.05) is 6.61 Å². The number of hydrogen-bond acceptors (Lipinski definition) is 1. The molecule has 0 aliphatic rings. The molecule has 10 heavy (non-hydrogen) atoms. The lowest BCUT2D eigenvalue weighted by Gasteiger charge is -2.01. The summed E-state index contributed by atoms with van der Waals surface area (Å²) in [5.74, 6) is 0.952. The van der Waals surface area contributed by atoms with Gasteiger partial charge in [-0.3, -0.25) is 0 Å². The summed E-state index contributed by atoms with van der Waals surface area (Å²) in [4.78, 5) is 0. The largest absolute Gasteiger partial charge is 0.494 e. The molecule has 1 aromatic rings. The zero-order valence-corrected chi connectivity index (χ0v) is 6.42. The van der Waals surface area contributed by atoms with Gasteiger partial charge in [0.05, 0.1) is 6.61 Å². The molecule has 0 atom stereocenters. The van der Waals surface area contributed by atoms with Gasteiger partial charge in [-0.25, -0.2) is 0 Å². The minimum atomic E-state index is 0.739. The summed E-state index contributed by atoms with van der Waals surface area (Å²) >= 11 is 0. The molecule has 0 spiro atoms. The highest BCUT2D eigenvalue weighted by Crippen LogP contribution is 2.05. The van der Waals surface area contributed by atoms with Crippen molar-refractivity contribution in [3.05, 3.63) is 24.3 Å². The minimum absolute atomic E-state index is 0.739. The fraction of sp³-hybridized carbons (Fsp3) is 0.250. The molecule has 0 unspecified atom stereocenters. The molecule has 1 nitrogen and oxygen atoms in total. The summed E-state index contributed by atoms with van der Waals surface area (Å²) in [5.41, 5.74) is 1.27. The van der Waals surface area contributed by atoms with Gasteiger partial charge in [0, 0.05) is 0 Å². The molecule has 0 aliphatic carbocycles. The monoisotopic (exact) mass is 134 g/mol. The van der Waals surface area contributed by atoms with E-state index in [1.807, 2.05) is 31.2 Å². The lowest BCUT2D eigenvalue weighted by atomic mass is 9.97. The third-order valence-electron chi connectivity index (χ3n) is 1.33. The zero-order valence-electron chi connectivity index (χ0n) is 6.42. The summed E-state index contributed by atoms with van der Waals surface area (Å²) in [6.07, 6.45) is 0.